The van der Waals surface area contributed by atoms with Crippen molar-refractivity contribution in [2.45, 2.75) is 65.5 Å². The van der Waals surface area contributed by atoms with Gasteiger partial charge in [-0.1, -0.05) is 0 Å². The van der Waals surface area contributed by atoms with Gasteiger partial charge in [0.15, 0.2) is 0 Å². The summed E-state index contributed by atoms with van der Waals surface area (Å²) in [6, 6.07) is 0. The van der Waals surface area contributed by atoms with E-state index in [1.807, 2.05) is 18.7 Å². The van der Waals surface area contributed by atoms with Gasteiger partial charge < -0.3 is 4.90 Å². The van der Waals surface area contributed by atoms with Crippen molar-refractivity contribution in [2.75, 3.05) is 19.6 Å². The van der Waals surface area contributed by atoms with Crippen molar-refractivity contribution in [3.8, 4) is 0 Å². The number of hydrogen-bond acceptors (Lipinski definition) is 2. The lowest BCUT2D eigenvalue weighted by Crippen LogP contribution is -2.53. The van der Waals surface area contributed by atoms with Crippen LogP contribution < -0.4 is 0 Å². The first-order valence-corrected chi connectivity index (χ1v) is 6.80. The maximum atomic E-state index is 12.2. The molecule has 17 heavy (non-hydrogen) atoms. The highest BCUT2D eigenvalue weighted by Gasteiger charge is 2.45. The van der Waals surface area contributed by atoms with Gasteiger partial charge in [-0.2, -0.15) is 0 Å². The lowest BCUT2D eigenvalue weighted by Gasteiger charge is -2.40. The minimum absolute atomic E-state index is 0.145. The summed E-state index contributed by atoms with van der Waals surface area (Å²) in [5.41, 5.74) is 0.290. The molecule has 0 spiro atoms. The first kappa shape index (κ1) is 14.5. The van der Waals surface area contributed by atoms with Crippen LogP contribution in [0.3, 0.4) is 0 Å². The molecule has 1 heterocycles. The molecule has 0 aliphatic carbocycles. The number of rotatable bonds is 4. The molecule has 1 saturated heterocycles. The number of nitrogens with zero attached hydrogens (tertiary/aromatic N) is 2. The number of carbonyl (C=O) groups is 1. The third kappa shape index (κ3) is 3.01. The van der Waals surface area contributed by atoms with E-state index in [2.05, 4.69) is 32.6 Å². The maximum Gasteiger partial charge on any atom is 0.236 e. The second kappa shape index (κ2) is 4.97. The monoisotopic (exact) mass is 240 g/mol. The van der Waals surface area contributed by atoms with Crippen molar-refractivity contribution < 1.29 is 4.79 Å². The van der Waals surface area contributed by atoms with Gasteiger partial charge in [-0.15, -0.1) is 0 Å². The van der Waals surface area contributed by atoms with Gasteiger partial charge in [-0.25, -0.2) is 0 Å². The van der Waals surface area contributed by atoms with Crippen molar-refractivity contribution in [1.82, 2.24) is 9.80 Å². The van der Waals surface area contributed by atoms with Crippen LogP contribution in [0.2, 0.25) is 0 Å². The molecule has 0 N–H and O–H groups in total. The zero-order valence-electron chi connectivity index (χ0n) is 12.3. The molecule has 0 bridgehead atoms. The number of hydrogen-bond donors (Lipinski definition) is 0. The summed E-state index contributed by atoms with van der Waals surface area (Å²) in [4.78, 5) is 16.5. The number of likely N-dealkylation sites (N-methyl/N-ethyl adjacent to an activating group) is 1. The van der Waals surface area contributed by atoms with Crippen LogP contribution in [0.1, 0.15) is 54.4 Å². The van der Waals surface area contributed by atoms with Gasteiger partial charge >= 0.3 is 0 Å². The molecule has 1 rings (SSSR count). The van der Waals surface area contributed by atoms with Crippen molar-refractivity contribution in [1.29, 1.82) is 0 Å². The van der Waals surface area contributed by atoms with E-state index >= 15 is 0 Å². The van der Waals surface area contributed by atoms with Crippen LogP contribution in [0.5, 0.6) is 0 Å². The largest absolute Gasteiger partial charge is 0.342 e. The molecule has 0 aromatic carbocycles. The Kier molecular flexibility index (Phi) is 4.23. The fourth-order valence-corrected chi connectivity index (χ4v) is 2.94. The minimum Gasteiger partial charge on any atom is -0.342 e. The summed E-state index contributed by atoms with van der Waals surface area (Å²) >= 11 is 0. The van der Waals surface area contributed by atoms with Crippen molar-refractivity contribution >= 4 is 5.91 Å². The van der Waals surface area contributed by atoms with Gasteiger partial charge in [-0.3, -0.25) is 9.69 Å². The second-order valence-electron chi connectivity index (χ2n) is 6.28. The van der Waals surface area contributed by atoms with E-state index in [0.29, 0.717) is 6.54 Å². The zero-order chi connectivity index (χ0) is 13.3. The van der Waals surface area contributed by atoms with Gasteiger partial charge in [0.25, 0.3) is 0 Å². The Bertz CT molecular complexity index is 264. The predicted octanol–water partition coefficient (Wildman–Crippen LogP) is 2.51. The van der Waals surface area contributed by atoms with E-state index in [1.54, 1.807) is 0 Å². The van der Waals surface area contributed by atoms with Crippen molar-refractivity contribution in [3.05, 3.63) is 0 Å². The van der Waals surface area contributed by atoms with E-state index in [0.717, 1.165) is 13.1 Å². The molecule has 0 aromatic rings. The first-order valence-electron chi connectivity index (χ1n) is 6.80. The van der Waals surface area contributed by atoms with Crippen LogP contribution in [0.15, 0.2) is 0 Å². The molecule has 3 heteroatoms. The number of carbonyl (C=O) groups excluding carboxylic acids is 1. The van der Waals surface area contributed by atoms with Crippen LogP contribution in [0.4, 0.5) is 0 Å². The predicted molar refractivity (Wildman–Crippen MR) is 72.0 cm³/mol. The SMILES string of the molecule is CCN(CC)C(=O)CN1C(C)(C)CCC1(C)C. The van der Waals surface area contributed by atoms with Crippen LogP contribution >= 0.6 is 0 Å². The molecule has 0 unspecified atom stereocenters. The lowest BCUT2D eigenvalue weighted by atomic mass is 10.0. The van der Waals surface area contributed by atoms with Gasteiger partial charge in [0.05, 0.1) is 6.54 Å². The van der Waals surface area contributed by atoms with E-state index in [1.165, 1.54) is 12.8 Å². The molecule has 1 aliphatic heterocycles. The Morgan fingerprint density at radius 3 is 1.82 bits per heavy atom. The smallest absolute Gasteiger partial charge is 0.236 e. The fourth-order valence-electron chi connectivity index (χ4n) is 2.94. The van der Waals surface area contributed by atoms with Crippen molar-refractivity contribution in [3.63, 3.8) is 0 Å². The summed E-state index contributed by atoms with van der Waals surface area (Å²) in [5, 5.41) is 0. The van der Waals surface area contributed by atoms with E-state index in [4.69, 9.17) is 0 Å². The van der Waals surface area contributed by atoms with Gasteiger partial charge in [0, 0.05) is 24.2 Å². The van der Waals surface area contributed by atoms with E-state index in [9.17, 15) is 4.79 Å². The Balaban J connectivity index is 2.75. The molecule has 0 radical (unpaired) electrons. The van der Waals surface area contributed by atoms with Crippen LogP contribution in [-0.4, -0.2) is 46.4 Å². The van der Waals surface area contributed by atoms with E-state index < -0.39 is 0 Å². The molecule has 0 atom stereocenters. The van der Waals surface area contributed by atoms with Gasteiger partial charge in [0.1, 0.15) is 0 Å². The Morgan fingerprint density at radius 1 is 1.06 bits per heavy atom. The average molecular weight is 240 g/mol. The third-order valence-corrected chi connectivity index (χ3v) is 4.22. The number of likely N-dealkylation sites (tertiary alicyclic amines) is 1. The quantitative estimate of drug-likeness (QED) is 0.754. The molecule has 1 fully saturated rings. The van der Waals surface area contributed by atoms with E-state index in [-0.39, 0.29) is 17.0 Å². The molecule has 3 nitrogen and oxygen atoms in total. The summed E-state index contributed by atoms with van der Waals surface area (Å²) in [7, 11) is 0. The van der Waals surface area contributed by atoms with Crippen molar-refractivity contribution in [2.24, 2.45) is 0 Å². The molecule has 1 amide bonds. The van der Waals surface area contributed by atoms with Crippen LogP contribution in [0.25, 0.3) is 0 Å². The molecule has 100 valence electrons. The number of amides is 1. The van der Waals surface area contributed by atoms with Crippen LogP contribution in [0, 0.1) is 0 Å². The summed E-state index contributed by atoms with van der Waals surface area (Å²) in [6.45, 7) is 15.3. The minimum atomic E-state index is 0.145. The Morgan fingerprint density at radius 2 is 1.47 bits per heavy atom. The second-order valence-corrected chi connectivity index (χ2v) is 6.28. The Labute approximate surface area is 106 Å². The third-order valence-electron chi connectivity index (χ3n) is 4.22. The molecule has 0 aromatic heterocycles. The fraction of sp³-hybridized carbons (Fsp3) is 0.929. The molecular weight excluding hydrogens is 212 g/mol. The lowest BCUT2D eigenvalue weighted by molar-refractivity contribution is -0.134. The maximum absolute atomic E-state index is 12.2. The summed E-state index contributed by atoms with van der Waals surface area (Å²) < 4.78 is 0. The summed E-state index contributed by atoms with van der Waals surface area (Å²) in [6.07, 6.45) is 2.34. The Hall–Kier alpha value is -0.570. The normalized spacial score (nSPS) is 22.7. The highest BCUT2D eigenvalue weighted by molar-refractivity contribution is 5.78. The summed E-state index contributed by atoms with van der Waals surface area (Å²) in [5.74, 6) is 0.262. The topological polar surface area (TPSA) is 23.6 Å². The standard InChI is InChI=1S/C14H28N2O/c1-7-15(8-2)12(17)11-16-13(3,4)9-10-14(16,5)6/h7-11H2,1-6H3. The highest BCUT2D eigenvalue weighted by Crippen LogP contribution is 2.40. The zero-order valence-corrected chi connectivity index (χ0v) is 12.3. The highest BCUT2D eigenvalue weighted by atomic mass is 16.2. The first-order chi connectivity index (χ1) is 7.74. The van der Waals surface area contributed by atoms with Crippen LogP contribution in [-0.2, 0) is 4.79 Å². The molecular formula is C14H28N2O. The van der Waals surface area contributed by atoms with Gasteiger partial charge in [-0.05, 0) is 54.4 Å². The van der Waals surface area contributed by atoms with Gasteiger partial charge in [0.2, 0.25) is 5.91 Å². The molecule has 1 aliphatic rings. The average Bonchev–Trinajstić information content (AvgIpc) is 2.43. The molecule has 0 saturated carbocycles.